The Labute approximate surface area is 141 Å². The molecule has 2 N–H and O–H groups in total. The quantitative estimate of drug-likeness (QED) is 0.897. The molecule has 24 heavy (non-hydrogen) atoms. The topological polar surface area (TPSA) is 89.7 Å². The van der Waals surface area contributed by atoms with Gasteiger partial charge in [-0.05, 0) is 48.9 Å². The van der Waals surface area contributed by atoms with Crippen LogP contribution in [0.1, 0.15) is 28.9 Å². The predicted octanol–water partition coefficient (Wildman–Crippen LogP) is 2.18. The Morgan fingerprint density at radius 2 is 1.62 bits per heavy atom. The highest BCUT2D eigenvalue weighted by atomic mass is 32.2. The third-order valence-corrected chi connectivity index (χ3v) is 4.86. The third-order valence-electron chi connectivity index (χ3n) is 3.93. The molecule has 0 heterocycles. The lowest BCUT2D eigenvalue weighted by atomic mass is 10.1. The van der Waals surface area contributed by atoms with Gasteiger partial charge in [-0.2, -0.15) is 0 Å². The normalized spacial score (nSPS) is 12.5. The highest BCUT2D eigenvalue weighted by Gasteiger charge is 2.19. The molecule has 2 aromatic carbocycles. The molecule has 0 bridgehead atoms. The zero-order chi connectivity index (χ0) is 17.9. The van der Waals surface area contributed by atoms with Crippen molar-refractivity contribution in [2.75, 3.05) is 14.2 Å². The number of rotatable bonds is 5. The van der Waals surface area contributed by atoms with Crippen LogP contribution in [0.2, 0.25) is 0 Å². The van der Waals surface area contributed by atoms with Crippen molar-refractivity contribution in [3.63, 3.8) is 0 Å². The first kappa shape index (κ1) is 18.0. The number of carbonyl (C=O) groups excluding carboxylic acids is 1. The van der Waals surface area contributed by atoms with E-state index in [1.165, 1.54) is 12.1 Å². The van der Waals surface area contributed by atoms with Crippen molar-refractivity contribution in [1.29, 1.82) is 0 Å². The molecule has 1 atom stereocenters. The Morgan fingerprint density at radius 1 is 1.08 bits per heavy atom. The molecule has 0 aromatic heterocycles. The minimum absolute atomic E-state index is 0.0441. The Bertz CT molecular complexity index is 815. The number of nitrogens with two attached hydrogens (primary N) is 1. The molecule has 0 aliphatic heterocycles. The molecule has 2 rings (SSSR count). The van der Waals surface area contributed by atoms with Gasteiger partial charge >= 0.3 is 0 Å². The monoisotopic (exact) mass is 348 g/mol. The van der Waals surface area contributed by atoms with E-state index in [0.717, 1.165) is 5.56 Å². The molecule has 1 amide bonds. The van der Waals surface area contributed by atoms with Crippen molar-refractivity contribution in [2.45, 2.75) is 17.9 Å². The highest BCUT2D eigenvalue weighted by Crippen LogP contribution is 2.22. The van der Waals surface area contributed by atoms with E-state index < -0.39 is 10.0 Å². The van der Waals surface area contributed by atoms with E-state index in [0.29, 0.717) is 11.3 Å². The van der Waals surface area contributed by atoms with Crippen molar-refractivity contribution in [2.24, 2.45) is 5.14 Å². The first-order chi connectivity index (χ1) is 11.2. The predicted molar refractivity (Wildman–Crippen MR) is 91.3 cm³/mol. The molecular formula is C17H20N2O4S. The summed E-state index contributed by atoms with van der Waals surface area (Å²) >= 11 is 0. The lowest BCUT2D eigenvalue weighted by Crippen LogP contribution is -2.29. The van der Waals surface area contributed by atoms with Crippen LogP contribution in [0.15, 0.2) is 53.4 Å². The number of hydrogen-bond donors (Lipinski definition) is 1. The molecule has 6 nitrogen and oxygen atoms in total. The van der Waals surface area contributed by atoms with Crippen LogP contribution in [-0.4, -0.2) is 33.4 Å². The van der Waals surface area contributed by atoms with Crippen molar-refractivity contribution in [3.8, 4) is 5.75 Å². The number of ether oxygens (including phenoxy) is 1. The zero-order valence-corrected chi connectivity index (χ0v) is 14.6. The van der Waals surface area contributed by atoms with Crippen LogP contribution in [0.4, 0.5) is 0 Å². The van der Waals surface area contributed by atoms with Crippen LogP contribution in [-0.2, 0) is 10.0 Å². The molecule has 7 heteroatoms. The molecule has 0 aliphatic carbocycles. The summed E-state index contributed by atoms with van der Waals surface area (Å²) in [5, 5.41) is 5.09. The van der Waals surface area contributed by atoms with Gasteiger partial charge in [0.25, 0.3) is 5.91 Å². The first-order valence-electron chi connectivity index (χ1n) is 7.28. The number of primary sulfonamides is 1. The van der Waals surface area contributed by atoms with E-state index in [2.05, 4.69) is 0 Å². The Kier molecular flexibility index (Phi) is 5.26. The summed E-state index contributed by atoms with van der Waals surface area (Å²) in [6, 6.07) is 12.8. The summed E-state index contributed by atoms with van der Waals surface area (Å²) in [5.41, 5.74) is 1.36. The number of carbonyl (C=O) groups is 1. The molecule has 0 fully saturated rings. The van der Waals surface area contributed by atoms with Gasteiger partial charge in [0, 0.05) is 12.6 Å². The van der Waals surface area contributed by atoms with Crippen molar-refractivity contribution in [3.05, 3.63) is 59.7 Å². The lowest BCUT2D eigenvalue weighted by Gasteiger charge is -2.25. The van der Waals surface area contributed by atoms with Crippen molar-refractivity contribution >= 4 is 15.9 Å². The van der Waals surface area contributed by atoms with Gasteiger partial charge in [0.2, 0.25) is 10.0 Å². The number of hydrogen-bond acceptors (Lipinski definition) is 4. The van der Waals surface area contributed by atoms with E-state index in [1.807, 2.05) is 6.92 Å². The fourth-order valence-corrected chi connectivity index (χ4v) is 2.79. The van der Waals surface area contributed by atoms with Crippen LogP contribution in [0, 0.1) is 0 Å². The minimum Gasteiger partial charge on any atom is -0.497 e. The van der Waals surface area contributed by atoms with Gasteiger partial charge in [-0.1, -0.05) is 12.1 Å². The molecule has 2 aromatic rings. The fraction of sp³-hybridized carbons (Fsp3) is 0.235. The summed E-state index contributed by atoms with van der Waals surface area (Å²) in [6.07, 6.45) is 0. The number of sulfonamides is 1. The van der Waals surface area contributed by atoms with E-state index in [4.69, 9.17) is 9.88 Å². The molecule has 0 spiro atoms. The average Bonchev–Trinajstić information content (AvgIpc) is 2.59. The molecule has 0 saturated heterocycles. The van der Waals surface area contributed by atoms with E-state index >= 15 is 0 Å². The van der Waals surface area contributed by atoms with Gasteiger partial charge in [0.1, 0.15) is 5.75 Å². The van der Waals surface area contributed by atoms with Gasteiger partial charge in [0.05, 0.1) is 18.0 Å². The number of amides is 1. The average molecular weight is 348 g/mol. The maximum absolute atomic E-state index is 12.6. The summed E-state index contributed by atoms with van der Waals surface area (Å²) in [5.74, 6) is 0.543. The second-order valence-electron chi connectivity index (χ2n) is 5.43. The SMILES string of the molecule is COc1ccc(C(=O)N(C)[C@@H](C)c2ccc(S(N)(=O)=O)cc2)cc1. The molecule has 128 valence electrons. The summed E-state index contributed by atoms with van der Waals surface area (Å²) < 4.78 is 27.7. The summed E-state index contributed by atoms with van der Waals surface area (Å²) in [4.78, 5) is 14.2. The molecule has 0 saturated carbocycles. The summed E-state index contributed by atoms with van der Waals surface area (Å²) in [6.45, 7) is 1.87. The van der Waals surface area contributed by atoms with Crippen molar-refractivity contribution < 1.29 is 17.9 Å². The van der Waals surface area contributed by atoms with Gasteiger partial charge in [-0.3, -0.25) is 4.79 Å². The maximum atomic E-state index is 12.6. The van der Waals surface area contributed by atoms with Gasteiger partial charge in [-0.15, -0.1) is 0 Å². The van der Waals surface area contributed by atoms with Crippen LogP contribution < -0.4 is 9.88 Å². The number of benzene rings is 2. The van der Waals surface area contributed by atoms with Crippen LogP contribution >= 0.6 is 0 Å². The van der Waals surface area contributed by atoms with Gasteiger partial charge < -0.3 is 9.64 Å². The van der Waals surface area contributed by atoms with E-state index in [9.17, 15) is 13.2 Å². The second kappa shape index (κ2) is 7.02. The van der Waals surface area contributed by atoms with Crippen LogP contribution in [0.3, 0.4) is 0 Å². The molecule has 0 aliphatic rings. The maximum Gasteiger partial charge on any atom is 0.254 e. The Hall–Kier alpha value is -2.38. The van der Waals surface area contributed by atoms with Gasteiger partial charge in [0.15, 0.2) is 0 Å². The third kappa shape index (κ3) is 3.93. The fourth-order valence-electron chi connectivity index (χ4n) is 2.27. The Morgan fingerprint density at radius 3 is 2.08 bits per heavy atom. The Balaban J connectivity index is 2.18. The minimum atomic E-state index is -3.72. The van der Waals surface area contributed by atoms with E-state index in [-0.39, 0.29) is 16.8 Å². The largest absolute Gasteiger partial charge is 0.497 e. The number of methoxy groups -OCH3 is 1. The molecular weight excluding hydrogens is 328 g/mol. The number of nitrogens with zero attached hydrogens (tertiary/aromatic N) is 1. The molecule has 0 unspecified atom stereocenters. The van der Waals surface area contributed by atoms with Crippen LogP contribution in [0.25, 0.3) is 0 Å². The van der Waals surface area contributed by atoms with E-state index in [1.54, 1.807) is 55.5 Å². The second-order valence-corrected chi connectivity index (χ2v) is 7.00. The summed E-state index contributed by atoms with van der Waals surface area (Å²) in [7, 11) is -0.459. The van der Waals surface area contributed by atoms with Gasteiger partial charge in [-0.25, -0.2) is 13.6 Å². The zero-order valence-electron chi connectivity index (χ0n) is 13.8. The lowest BCUT2D eigenvalue weighted by molar-refractivity contribution is 0.0742. The molecule has 0 radical (unpaired) electrons. The smallest absolute Gasteiger partial charge is 0.254 e. The van der Waals surface area contributed by atoms with Crippen LogP contribution in [0.5, 0.6) is 5.75 Å². The first-order valence-corrected chi connectivity index (χ1v) is 8.82. The standard InChI is InChI=1S/C17H20N2O4S/c1-12(13-6-10-16(11-7-13)24(18,21)22)19(2)17(20)14-4-8-15(23-3)9-5-14/h4-12H,1-3H3,(H2,18,21,22)/t12-/m0/s1. The van der Waals surface area contributed by atoms with Crippen molar-refractivity contribution in [1.82, 2.24) is 4.90 Å². The highest BCUT2D eigenvalue weighted by molar-refractivity contribution is 7.89.